The fourth-order valence-electron chi connectivity index (χ4n) is 2.84. The molecule has 3 aromatic rings. The zero-order valence-electron chi connectivity index (χ0n) is 15.8. The van der Waals surface area contributed by atoms with Crippen LogP contribution in [0.25, 0.3) is 11.4 Å². The van der Waals surface area contributed by atoms with E-state index in [9.17, 15) is 17.6 Å². The average molecular weight is 404 g/mol. The number of hydrogen-bond acceptors (Lipinski definition) is 4. The Bertz CT molecular complexity index is 1160. The maximum atomic E-state index is 13.1. The zero-order valence-corrected chi connectivity index (χ0v) is 16.6. The Morgan fingerprint density at radius 3 is 2.46 bits per heavy atom. The number of nitrogens with one attached hydrogen (secondary N) is 1. The van der Waals surface area contributed by atoms with E-state index in [1.165, 1.54) is 33.5 Å². The zero-order chi connectivity index (χ0) is 20.5. The molecule has 1 N–H and O–H groups in total. The van der Waals surface area contributed by atoms with E-state index >= 15 is 0 Å². The minimum atomic E-state index is -3.70. The van der Waals surface area contributed by atoms with Crippen molar-refractivity contribution in [2.45, 2.75) is 25.3 Å². The molecule has 0 saturated heterocycles. The highest BCUT2D eigenvalue weighted by molar-refractivity contribution is 7.89. The van der Waals surface area contributed by atoms with Crippen LogP contribution in [0.15, 0.2) is 52.2 Å². The van der Waals surface area contributed by atoms with Gasteiger partial charge in [-0.25, -0.2) is 27.0 Å². The van der Waals surface area contributed by atoms with Crippen molar-refractivity contribution in [1.29, 1.82) is 0 Å². The number of nitrogens with zero attached hydrogens (tertiary/aromatic N) is 3. The SMILES string of the molecule is Cc1ccc(C)c(S(=O)(=O)NCCn2nc(-c3ccc(F)cc3)n(C)c2=O)c1. The van der Waals surface area contributed by atoms with Crippen LogP contribution in [-0.2, 0) is 23.6 Å². The van der Waals surface area contributed by atoms with Gasteiger partial charge in [0.15, 0.2) is 5.82 Å². The first-order valence-electron chi connectivity index (χ1n) is 8.66. The second kappa shape index (κ2) is 7.69. The van der Waals surface area contributed by atoms with Crippen molar-refractivity contribution in [3.8, 4) is 11.4 Å². The van der Waals surface area contributed by atoms with E-state index in [1.54, 1.807) is 26.1 Å². The van der Waals surface area contributed by atoms with E-state index in [0.29, 0.717) is 17.0 Å². The second-order valence-corrected chi connectivity index (χ2v) is 8.30. The number of rotatable bonds is 6. The van der Waals surface area contributed by atoms with Crippen LogP contribution in [0, 0.1) is 19.7 Å². The summed E-state index contributed by atoms with van der Waals surface area (Å²) < 4.78 is 43.2. The third-order valence-electron chi connectivity index (χ3n) is 4.39. The highest BCUT2D eigenvalue weighted by Crippen LogP contribution is 2.17. The van der Waals surface area contributed by atoms with Crippen LogP contribution in [0.3, 0.4) is 0 Å². The molecular weight excluding hydrogens is 383 g/mol. The van der Waals surface area contributed by atoms with E-state index in [2.05, 4.69) is 9.82 Å². The van der Waals surface area contributed by atoms with Crippen LogP contribution in [0.1, 0.15) is 11.1 Å². The molecule has 0 spiro atoms. The van der Waals surface area contributed by atoms with E-state index in [4.69, 9.17) is 0 Å². The first-order valence-corrected chi connectivity index (χ1v) is 10.1. The van der Waals surface area contributed by atoms with Crippen LogP contribution in [0.4, 0.5) is 4.39 Å². The quantitative estimate of drug-likeness (QED) is 0.681. The summed E-state index contributed by atoms with van der Waals surface area (Å²) in [7, 11) is -2.14. The van der Waals surface area contributed by atoms with Gasteiger partial charge in [-0.2, -0.15) is 0 Å². The molecule has 148 valence electrons. The molecule has 3 rings (SSSR count). The van der Waals surface area contributed by atoms with Gasteiger partial charge in [0.05, 0.1) is 11.4 Å². The molecule has 0 fully saturated rings. The molecule has 0 aliphatic heterocycles. The summed E-state index contributed by atoms with van der Waals surface area (Å²) in [6.07, 6.45) is 0. The highest BCUT2D eigenvalue weighted by Gasteiger charge is 2.17. The van der Waals surface area contributed by atoms with E-state index in [1.807, 2.05) is 13.0 Å². The Balaban J connectivity index is 1.76. The maximum absolute atomic E-state index is 13.1. The largest absolute Gasteiger partial charge is 0.345 e. The Morgan fingerprint density at radius 1 is 1.11 bits per heavy atom. The summed E-state index contributed by atoms with van der Waals surface area (Å²) in [5.74, 6) is -0.00332. The third-order valence-corrected chi connectivity index (χ3v) is 6.00. The van der Waals surface area contributed by atoms with E-state index in [0.717, 1.165) is 5.56 Å². The standard InChI is InChI=1S/C19H21FN4O3S/c1-13-4-5-14(2)17(12-13)28(26,27)21-10-11-24-19(25)23(3)18(22-24)15-6-8-16(20)9-7-15/h4-9,12,21H,10-11H2,1-3H3. The first kappa shape index (κ1) is 20.0. The van der Waals surface area contributed by atoms with Crippen molar-refractivity contribution in [1.82, 2.24) is 19.1 Å². The lowest BCUT2D eigenvalue weighted by Gasteiger charge is -2.10. The Labute approximate surface area is 162 Å². The molecule has 0 unspecified atom stereocenters. The molecular formula is C19H21FN4O3S. The van der Waals surface area contributed by atoms with Crippen LogP contribution in [0.2, 0.25) is 0 Å². The van der Waals surface area contributed by atoms with Crippen molar-refractivity contribution in [3.63, 3.8) is 0 Å². The number of hydrogen-bond donors (Lipinski definition) is 1. The number of sulfonamides is 1. The molecule has 0 bridgehead atoms. The summed E-state index contributed by atoms with van der Waals surface area (Å²) >= 11 is 0. The monoisotopic (exact) mass is 404 g/mol. The smallest absolute Gasteiger partial charge is 0.278 e. The molecule has 0 aliphatic carbocycles. The molecule has 0 saturated carbocycles. The van der Waals surface area contributed by atoms with Crippen LogP contribution < -0.4 is 10.4 Å². The summed E-state index contributed by atoms with van der Waals surface area (Å²) in [4.78, 5) is 12.6. The molecule has 7 nitrogen and oxygen atoms in total. The average Bonchev–Trinajstić information content (AvgIpc) is 2.93. The van der Waals surface area contributed by atoms with Gasteiger partial charge >= 0.3 is 5.69 Å². The lowest BCUT2D eigenvalue weighted by atomic mass is 10.2. The van der Waals surface area contributed by atoms with Crippen molar-refractivity contribution in [3.05, 3.63) is 69.9 Å². The number of benzene rings is 2. The minimum Gasteiger partial charge on any atom is -0.278 e. The normalized spacial score (nSPS) is 11.7. The van der Waals surface area contributed by atoms with E-state index in [-0.39, 0.29) is 29.5 Å². The summed E-state index contributed by atoms with van der Waals surface area (Å²) in [6, 6.07) is 10.8. The summed E-state index contributed by atoms with van der Waals surface area (Å²) in [5.41, 5.74) is 1.70. The fraction of sp³-hybridized carbons (Fsp3) is 0.263. The molecule has 0 aliphatic rings. The van der Waals surface area contributed by atoms with Gasteiger partial charge in [-0.1, -0.05) is 12.1 Å². The third kappa shape index (κ3) is 4.05. The van der Waals surface area contributed by atoms with Crippen molar-refractivity contribution in [2.24, 2.45) is 7.05 Å². The highest BCUT2D eigenvalue weighted by atomic mass is 32.2. The van der Waals surface area contributed by atoms with Gasteiger partial charge in [0, 0.05) is 19.2 Å². The summed E-state index contributed by atoms with van der Waals surface area (Å²) in [6.45, 7) is 3.63. The topological polar surface area (TPSA) is 86.0 Å². The number of halogens is 1. The lowest BCUT2D eigenvalue weighted by Crippen LogP contribution is -2.32. The Morgan fingerprint density at radius 2 is 1.79 bits per heavy atom. The number of aromatic nitrogens is 3. The van der Waals surface area contributed by atoms with Crippen molar-refractivity contribution < 1.29 is 12.8 Å². The molecule has 2 aromatic carbocycles. The van der Waals surface area contributed by atoms with Gasteiger partial charge in [-0.3, -0.25) is 4.57 Å². The van der Waals surface area contributed by atoms with Gasteiger partial charge in [0.2, 0.25) is 10.0 Å². The predicted molar refractivity (Wildman–Crippen MR) is 104 cm³/mol. The van der Waals surface area contributed by atoms with Crippen LogP contribution in [-0.4, -0.2) is 29.3 Å². The van der Waals surface area contributed by atoms with Crippen LogP contribution in [0.5, 0.6) is 0 Å². The molecule has 9 heteroatoms. The lowest BCUT2D eigenvalue weighted by molar-refractivity contribution is 0.550. The van der Waals surface area contributed by atoms with Gasteiger partial charge in [-0.05, 0) is 55.3 Å². The second-order valence-electron chi connectivity index (χ2n) is 6.56. The molecule has 0 amide bonds. The number of aryl methyl sites for hydroxylation is 2. The first-order chi connectivity index (χ1) is 13.2. The predicted octanol–water partition coefficient (Wildman–Crippen LogP) is 1.98. The minimum absolute atomic E-state index is 0.00942. The molecule has 1 heterocycles. The molecule has 0 radical (unpaired) electrons. The Hall–Kier alpha value is -2.78. The van der Waals surface area contributed by atoms with Crippen molar-refractivity contribution >= 4 is 10.0 Å². The molecule has 28 heavy (non-hydrogen) atoms. The summed E-state index contributed by atoms with van der Waals surface area (Å²) in [5, 5.41) is 4.24. The molecule has 1 aromatic heterocycles. The van der Waals surface area contributed by atoms with Crippen molar-refractivity contribution in [2.75, 3.05) is 6.54 Å². The van der Waals surface area contributed by atoms with E-state index < -0.39 is 10.0 Å². The maximum Gasteiger partial charge on any atom is 0.345 e. The fourth-order valence-corrected chi connectivity index (χ4v) is 4.19. The Kier molecular flexibility index (Phi) is 5.48. The van der Waals surface area contributed by atoms with Gasteiger partial charge in [0.1, 0.15) is 5.82 Å². The molecule has 0 atom stereocenters. The van der Waals surface area contributed by atoms with Gasteiger partial charge < -0.3 is 0 Å². The van der Waals surface area contributed by atoms with Gasteiger partial charge in [-0.15, -0.1) is 5.10 Å². The van der Waals surface area contributed by atoms with Gasteiger partial charge in [0.25, 0.3) is 0 Å². The van der Waals surface area contributed by atoms with Crippen LogP contribution >= 0.6 is 0 Å².